The highest BCUT2D eigenvalue weighted by atomic mass is 32.1. The van der Waals surface area contributed by atoms with Crippen molar-refractivity contribution in [3.63, 3.8) is 0 Å². The number of nitrogens with one attached hydrogen (secondary N) is 1. The number of nitrogens with zero attached hydrogens (tertiary/aromatic N) is 3. The summed E-state index contributed by atoms with van der Waals surface area (Å²) in [7, 11) is 1.44. The van der Waals surface area contributed by atoms with Gasteiger partial charge in [-0.25, -0.2) is 0 Å². The Hall–Kier alpha value is -2.84. The van der Waals surface area contributed by atoms with Crippen LogP contribution in [-0.2, 0) is 19.7 Å². The number of methoxy groups -OCH3 is 1. The molecule has 182 valence electrons. The van der Waals surface area contributed by atoms with Crippen molar-refractivity contribution in [3.05, 3.63) is 53.2 Å². The summed E-state index contributed by atoms with van der Waals surface area (Å²) in [5.74, 6) is 0.418. The molecule has 2 aliphatic carbocycles. The van der Waals surface area contributed by atoms with Crippen LogP contribution in [0.2, 0.25) is 0 Å². The van der Waals surface area contributed by atoms with Crippen molar-refractivity contribution in [2.75, 3.05) is 19.0 Å². The second kappa shape index (κ2) is 8.99. The molecule has 1 N–H and O–H groups in total. The van der Waals surface area contributed by atoms with E-state index in [9.17, 15) is 4.79 Å². The second-order valence-corrected chi connectivity index (χ2v) is 11.2. The SMILES string of the molecule is COC(=O)CC12CCC(c3ccc(-c4ccc(Nc5nnc(C6CCC6)s5)cn4)cc3)(CC1)CO2. The number of fused-ring (bicyclic) bond motifs is 3. The fourth-order valence-corrected chi connectivity index (χ4v) is 6.49. The van der Waals surface area contributed by atoms with Gasteiger partial charge in [-0.05, 0) is 56.2 Å². The summed E-state index contributed by atoms with van der Waals surface area (Å²) in [6, 6.07) is 12.8. The van der Waals surface area contributed by atoms with Crippen LogP contribution in [0.25, 0.3) is 11.3 Å². The average molecular weight is 491 g/mol. The van der Waals surface area contributed by atoms with Gasteiger partial charge in [0, 0.05) is 16.9 Å². The van der Waals surface area contributed by atoms with Crippen molar-refractivity contribution in [2.24, 2.45) is 0 Å². The van der Waals surface area contributed by atoms with Gasteiger partial charge in [0.1, 0.15) is 5.01 Å². The Morgan fingerprint density at radius 1 is 1.11 bits per heavy atom. The van der Waals surface area contributed by atoms with E-state index < -0.39 is 0 Å². The van der Waals surface area contributed by atoms with Crippen LogP contribution >= 0.6 is 11.3 Å². The molecule has 1 aromatic carbocycles. The van der Waals surface area contributed by atoms with Crippen LogP contribution in [0.15, 0.2) is 42.6 Å². The fourth-order valence-electron chi connectivity index (χ4n) is 5.56. The van der Waals surface area contributed by atoms with Crippen molar-refractivity contribution < 1.29 is 14.3 Å². The normalized spacial score (nSPS) is 25.7. The van der Waals surface area contributed by atoms with Gasteiger partial charge in [0.25, 0.3) is 0 Å². The summed E-state index contributed by atoms with van der Waals surface area (Å²) >= 11 is 1.64. The third kappa shape index (κ3) is 4.34. The number of esters is 1. The number of hydrogen-bond donors (Lipinski definition) is 1. The number of ether oxygens (including phenoxy) is 2. The van der Waals surface area contributed by atoms with Crippen LogP contribution in [0.5, 0.6) is 0 Å². The van der Waals surface area contributed by atoms with Gasteiger partial charge in [-0.1, -0.05) is 42.0 Å². The first-order valence-corrected chi connectivity index (χ1v) is 13.3. The van der Waals surface area contributed by atoms with Gasteiger partial charge in [-0.2, -0.15) is 0 Å². The first-order valence-electron chi connectivity index (χ1n) is 12.4. The predicted octanol–water partition coefficient (Wildman–Crippen LogP) is 5.76. The number of rotatable bonds is 7. The summed E-state index contributed by atoms with van der Waals surface area (Å²) in [6.45, 7) is 0.663. The number of carbonyl (C=O) groups excluding carboxylic acids is 1. The minimum Gasteiger partial charge on any atom is -0.469 e. The van der Waals surface area contributed by atoms with E-state index in [2.05, 4.69) is 44.8 Å². The second-order valence-electron chi connectivity index (χ2n) is 10.2. The van der Waals surface area contributed by atoms with Gasteiger partial charge in [0.15, 0.2) is 0 Å². The zero-order valence-corrected chi connectivity index (χ0v) is 20.8. The molecule has 2 saturated heterocycles. The van der Waals surface area contributed by atoms with Gasteiger partial charge in [-0.3, -0.25) is 9.78 Å². The van der Waals surface area contributed by atoms with Crippen LogP contribution in [0, 0.1) is 0 Å². The first-order chi connectivity index (χ1) is 17.1. The molecule has 4 aliphatic rings. The lowest BCUT2D eigenvalue weighted by Gasteiger charge is -2.53. The van der Waals surface area contributed by atoms with E-state index in [1.54, 1.807) is 11.3 Å². The maximum absolute atomic E-state index is 11.8. The van der Waals surface area contributed by atoms with E-state index in [4.69, 9.17) is 9.47 Å². The molecule has 8 heteroatoms. The van der Waals surface area contributed by atoms with Crippen molar-refractivity contribution in [3.8, 4) is 11.3 Å². The Balaban J connectivity index is 1.10. The Morgan fingerprint density at radius 2 is 1.91 bits per heavy atom. The number of benzene rings is 1. The molecule has 35 heavy (non-hydrogen) atoms. The molecule has 0 atom stereocenters. The molecular weight excluding hydrogens is 460 g/mol. The van der Waals surface area contributed by atoms with Crippen molar-refractivity contribution in [1.82, 2.24) is 15.2 Å². The summed E-state index contributed by atoms with van der Waals surface area (Å²) in [5, 5.41) is 13.9. The van der Waals surface area contributed by atoms with Crippen LogP contribution in [-0.4, -0.2) is 40.5 Å². The van der Waals surface area contributed by atoms with E-state index in [1.807, 2.05) is 18.3 Å². The zero-order chi connectivity index (χ0) is 23.9. The van der Waals surface area contributed by atoms with Crippen molar-refractivity contribution in [1.29, 1.82) is 0 Å². The van der Waals surface area contributed by atoms with Crippen LogP contribution in [0.3, 0.4) is 0 Å². The van der Waals surface area contributed by atoms with Gasteiger partial charge in [-0.15, -0.1) is 10.2 Å². The van der Waals surface area contributed by atoms with Gasteiger partial charge in [0.2, 0.25) is 5.13 Å². The van der Waals surface area contributed by atoms with Crippen molar-refractivity contribution >= 4 is 28.1 Å². The van der Waals surface area contributed by atoms with Crippen LogP contribution in [0.4, 0.5) is 10.8 Å². The molecule has 4 fully saturated rings. The molecule has 4 heterocycles. The minimum atomic E-state index is -0.331. The maximum Gasteiger partial charge on any atom is 0.308 e. The largest absolute Gasteiger partial charge is 0.469 e. The minimum absolute atomic E-state index is 0.0394. The van der Waals surface area contributed by atoms with E-state index in [0.29, 0.717) is 18.9 Å². The molecular formula is C27H30N4O3S. The summed E-state index contributed by atoms with van der Waals surface area (Å²) in [5.41, 5.74) is 3.96. The molecule has 3 aromatic rings. The molecule has 0 amide bonds. The monoisotopic (exact) mass is 490 g/mol. The number of anilines is 2. The van der Waals surface area contributed by atoms with E-state index in [0.717, 1.165) is 52.8 Å². The lowest BCUT2D eigenvalue weighted by atomic mass is 9.62. The Bertz CT molecular complexity index is 1180. The Kier molecular flexibility index (Phi) is 5.81. The lowest BCUT2D eigenvalue weighted by Crippen LogP contribution is -2.54. The summed E-state index contributed by atoms with van der Waals surface area (Å²) in [4.78, 5) is 16.5. The first kappa shape index (κ1) is 22.6. The number of hydrogen-bond acceptors (Lipinski definition) is 8. The smallest absolute Gasteiger partial charge is 0.308 e. The molecule has 0 unspecified atom stereocenters. The quantitative estimate of drug-likeness (QED) is 0.422. The summed E-state index contributed by atoms with van der Waals surface area (Å²) < 4.78 is 11.1. The highest BCUT2D eigenvalue weighted by Gasteiger charge is 2.51. The van der Waals surface area contributed by atoms with Gasteiger partial charge >= 0.3 is 5.97 Å². The lowest BCUT2D eigenvalue weighted by molar-refractivity contribution is -0.176. The van der Waals surface area contributed by atoms with E-state index in [1.165, 1.54) is 31.9 Å². The third-order valence-electron chi connectivity index (χ3n) is 8.17. The number of aromatic nitrogens is 3. The highest BCUT2D eigenvalue weighted by molar-refractivity contribution is 7.15. The molecule has 7 rings (SSSR count). The highest BCUT2D eigenvalue weighted by Crippen LogP contribution is 2.51. The topological polar surface area (TPSA) is 86.2 Å². The predicted molar refractivity (Wildman–Crippen MR) is 135 cm³/mol. The van der Waals surface area contributed by atoms with E-state index >= 15 is 0 Å². The third-order valence-corrected chi connectivity index (χ3v) is 9.17. The summed E-state index contributed by atoms with van der Waals surface area (Å²) in [6.07, 6.45) is 9.84. The average Bonchev–Trinajstić information content (AvgIpc) is 3.32. The Morgan fingerprint density at radius 3 is 2.51 bits per heavy atom. The van der Waals surface area contributed by atoms with Crippen molar-refractivity contribution in [2.45, 2.75) is 68.3 Å². The number of carbonyl (C=O) groups is 1. The van der Waals surface area contributed by atoms with Crippen LogP contribution < -0.4 is 5.32 Å². The zero-order valence-electron chi connectivity index (χ0n) is 20.0. The molecule has 7 nitrogen and oxygen atoms in total. The van der Waals surface area contributed by atoms with Gasteiger partial charge in [0.05, 0.1) is 43.3 Å². The molecule has 0 spiro atoms. The van der Waals surface area contributed by atoms with E-state index in [-0.39, 0.29) is 17.0 Å². The molecule has 2 aliphatic heterocycles. The van der Waals surface area contributed by atoms with Crippen LogP contribution in [0.1, 0.15) is 67.9 Å². The maximum atomic E-state index is 11.8. The molecule has 2 bridgehead atoms. The number of pyridine rings is 1. The standard InChI is InChI=1S/C27H30N4O3S/c1-33-23(32)15-27-13-11-26(12-14-27,17-34-27)20-7-5-18(6-8-20)22-10-9-21(16-28-22)29-25-31-30-24(35-25)19-3-2-4-19/h5-10,16,19H,2-4,11-15,17H2,1H3,(H,29,31). The fraction of sp³-hybridized carbons (Fsp3) is 0.481. The molecule has 2 saturated carbocycles. The molecule has 0 radical (unpaired) electrons. The molecule has 2 aromatic heterocycles. The Labute approximate surface area is 209 Å². The van der Waals surface area contributed by atoms with Gasteiger partial charge < -0.3 is 14.8 Å².